The minimum absolute atomic E-state index is 0. The predicted molar refractivity (Wildman–Crippen MR) is 97.4 cm³/mol. The molecule has 1 aromatic rings. The normalized spacial score (nSPS) is 18.8. The van der Waals surface area contributed by atoms with Crippen LogP contribution in [0.25, 0.3) is 0 Å². The quantitative estimate of drug-likeness (QED) is 0.247. The van der Waals surface area contributed by atoms with Gasteiger partial charge in [-0.1, -0.05) is 30.3 Å². The number of rotatable bonds is 7. The second-order valence-corrected chi connectivity index (χ2v) is 8.83. The summed E-state index contributed by atoms with van der Waals surface area (Å²) in [6, 6.07) is 10.8. The molecule has 0 aliphatic carbocycles. The van der Waals surface area contributed by atoms with Gasteiger partial charge in [-0.25, -0.2) is 0 Å². The van der Waals surface area contributed by atoms with Crippen LogP contribution in [0.15, 0.2) is 30.3 Å². The van der Waals surface area contributed by atoms with E-state index in [9.17, 15) is 0 Å². The first-order valence-electron chi connectivity index (χ1n) is 9.03. The molecule has 1 heterocycles. The third kappa shape index (κ3) is 9.89. The Morgan fingerprint density at radius 2 is 1.60 bits per heavy atom. The molecule has 25 heavy (non-hydrogen) atoms. The highest BCUT2D eigenvalue weighted by Crippen LogP contribution is 2.27. The largest absolute Gasteiger partial charge is 1.00 e. The van der Waals surface area contributed by atoms with Crippen LogP contribution in [0.5, 0.6) is 0 Å². The van der Waals surface area contributed by atoms with Crippen molar-refractivity contribution in [1.82, 2.24) is 0 Å². The molecular weight excluding hydrogens is 538 g/mol. The summed E-state index contributed by atoms with van der Waals surface area (Å²) in [5.74, 6) is 0.703. The van der Waals surface area contributed by atoms with Crippen molar-refractivity contribution in [2.45, 2.75) is 25.4 Å². The van der Waals surface area contributed by atoms with Gasteiger partial charge in [0.25, 0.3) is 0 Å². The molecular formula is C20H36I2N2O. The molecule has 3 nitrogen and oxygen atoms in total. The average molecular weight is 574 g/mol. The van der Waals surface area contributed by atoms with E-state index in [0.717, 1.165) is 28.5 Å². The number of piperidine rings is 1. The molecule has 1 aliphatic rings. The number of likely N-dealkylation sites (tertiary alicyclic amines) is 1. The molecule has 1 atom stereocenters. The van der Waals surface area contributed by atoms with Crippen LogP contribution in [0.3, 0.4) is 0 Å². The zero-order valence-corrected chi connectivity index (χ0v) is 20.9. The van der Waals surface area contributed by atoms with Crippen molar-refractivity contribution in [1.29, 1.82) is 0 Å². The van der Waals surface area contributed by atoms with Gasteiger partial charge in [0.1, 0.15) is 6.54 Å². The Morgan fingerprint density at radius 1 is 1.04 bits per heavy atom. The maximum atomic E-state index is 6.41. The molecule has 2 rings (SSSR count). The summed E-state index contributed by atoms with van der Waals surface area (Å²) in [5, 5.41) is 0. The van der Waals surface area contributed by atoms with Gasteiger partial charge in [-0.15, -0.1) is 0 Å². The van der Waals surface area contributed by atoms with E-state index in [4.69, 9.17) is 4.74 Å². The molecule has 1 aliphatic heterocycles. The van der Waals surface area contributed by atoms with Crippen LogP contribution < -0.4 is 48.0 Å². The lowest BCUT2D eigenvalue weighted by Crippen LogP contribution is -3.00. The molecule has 1 aromatic carbocycles. The van der Waals surface area contributed by atoms with Crippen LogP contribution >= 0.6 is 0 Å². The van der Waals surface area contributed by atoms with Gasteiger partial charge < -0.3 is 61.7 Å². The minimum Gasteiger partial charge on any atom is -1.00 e. The lowest BCUT2D eigenvalue weighted by Gasteiger charge is -2.40. The lowest BCUT2D eigenvalue weighted by molar-refractivity contribution is -0.896. The minimum atomic E-state index is 0. The van der Waals surface area contributed by atoms with E-state index in [0.29, 0.717) is 12.0 Å². The van der Waals surface area contributed by atoms with Crippen molar-refractivity contribution in [3.05, 3.63) is 35.9 Å². The molecule has 1 fully saturated rings. The average Bonchev–Trinajstić information content (AvgIpc) is 2.46. The van der Waals surface area contributed by atoms with E-state index in [1.54, 1.807) is 0 Å². The molecule has 0 saturated carbocycles. The number of hydrogen-bond acceptors (Lipinski definition) is 1. The third-order valence-corrected chi connectivity index (χ3v) is 5.11. The van der Waals surface area contributed by atoms with E-state index in [-0.39, 0.29) is 48.0 Å². The zero-order chi connectivity index (χ0) is 16.9. The topological polar surface area (TPSA) is 9.23 Å². The van der Waals surface area contributed by atoms with Gasteiger partial charge in [-0.2, -0.15) is 0 Å². The second-order valence-electron chi connectivity index (χ2n) is 8.83. The summed E-state index contributed by atoms with van der Waals surface area (Å²) in [5.41, 5.74) is 1.40. The first-order chi connectivity index (χ1) is 10.8. The molecule has 1 saturated heterocycles. The van der Waals surface area contributed by atoms with Crippen LogP contribution in [0.1, 0.15) is 18.4 Å². The summed E-state index contributed by atoms with van der Waals surface area (Å²) < 4.78 is 8.53. The number of hydrogen-bond donors (Lipinski definition) is 0. The van der Waals surface area contributed by atoms with Crippen molar-refractivity contribution >= 4 is 0 Å². The van der Waals surface area contributed by atoms with Crippen LogP contribution in [-0.4, -0.2) is 76.5 Å². The molecule has 0 amide bonds. The predicted octanol–water partition coefficient (Wildman–Crippen LogP) is -3.19. The van der Waals surface area contributed by atoms with Gasteiger partial charge in [-0.05, 0) is 17.9 Å². The van der Waals surface area contributed by atoms with Gasteiger partial charge in [0.15, 0.2) is 0 Å². The number of quaternary nitrogens is 2. The number of nitrogens with zero attached hydrogens (tertiary/aromatic N) is 2. The highest BCUT2D eigenvalue weighted by atomic mass is 127. The maximum absolute atomic E-state index is 6.41. The van der Waals surface area contributed by atoms with E-state index in [1.807, 2.05) is 0 Å². The van der Waals surface area contributed by atoms with Crippen molar-refractivity contribution < 1.29 is 61.7 Å². The number of ether oxygens (including phenoxy) is 1. The van der Waals surface area contributed by atoms with E-state index >= 15 is 0 Å². The fourth-order valence-electron chi connectivity index (χ4n) is 3.34. The molecule has 0 radical (unpaired) electrons. The van der Waals surface area contributed by atoms with Gasteiger partial charge in [0.05, 0.1) is 61.0 Å². The molecule has 0 bridgehead atoms. The van der Waals surface area contributed by atoms with Crippen LogP contribution in [-0.2, 0) is 11.2 Å². The summed E-state index contributed by atoms with van der Waals surface area (Å²) >= 11 is 0. The van der Waals surface area contributed by atoms with Gasteiger partial charge >= 0.3 is 0 Å². The summed E-state index contributed by atoms with van der Waals surface area (Å²) in [6.45, 7) is 4.47. The number of benzene rings is 1. The Labute approximate surface area is 189 Å². The second kappa shape index (κ2) is 11.4. The fourth-order valence-corrected chi connectivity index (χ4v) is 3.34. The molecule has 146 valence electrons. The molecule has 1 unspecified atom stereocenters. The van der Waals surface area contributed by atoms with Crippen molar-refractivity contribution in [2.24, 2.45) is 5.92 Å². The molecule has 0 aromatic heterocycles. The highest BCUT2D eigenvalue weighted by molar-refractivity contribution is 5.15. The fraction of sp³-hybridized carbons (Fsp3) is 0.700. The van der Waals surface area contributed by atoms with Crippen molar-refractivity contribution in [3.8, 4) is 0 Å². The number of halogens is 2. The van der Waals surface area contributed by atoms with E-state index < -0.39 is 0 Å². The molecule has 5 heteroatoms. The van der Waals surface area contributed by atoms with E-state index in [1.165, 1.54) is 31.5 Å². The van der Waals surface area contributed by atoms with Crippen molar-refractivity contribution in [2.75, 3.05) is 61.5 Å². The smallest absolute Gasteiger partial charge is 0.102 e. The van der Waals surface area contributed by atoms with E-state index in [2.05, 4.69) is 65.6 Å². The molecule has 0 N–H and O–H groups in total. The summed E-state index contributed by atoms with van der Waals surface area (Å²) in [7, 11) is 11.4. The highest BCUT2D eigenvalue weighted by Gasteiger charge is 2.32. The maximum Gasteiger partial charge on any atom is 0.102 e. The van der Waals surface area contributed by atoms with Gasteiger partial charge in [0.2, 0.25) is 0 Å². The first-order valence-corrected chi connectivity index (χ1v) is 9.03. The van der Waals surface area contributed by atoms with Gasteiger partial charge in [-0.3, -0.25) is 0 Å². The zero-order valence-electron chi connectivity index (χ0n) is 16.5. The number of likely N-dealkylation sites (N-methyl/N-ethyl adjacent to an activating group) is 1. The Balaban J connectivity index is 0.00000288. The lowest BCUT2D eigenvalue weighted by atomic mass is 9.87. The Kier molecular flexibility index (Phi) is 11.7. The van der Waals surface area contributed by atoms with Crippen LogP contribution in [0.4, 0.5) is 0 Å². The Hall–Kier alpha value is 0.560. The SMILES string of the molecule is C[N+](C)(C)CCOC(Cc1ccccc1)C1CC[N+](C)(C)CC1.[I-].[I-]. The third-order valence-electron chi connectivity index (χ3n) is 5.11. The monoisotopic (exact) mass is 574 g/mol. The Bertz CT molecular complexity index is 464. The Morgan fingerprint density at radius 3 is 2.12 bits per heavy atom. The molecule has 0 spiro atoms. The van der Waals surface area contributed by atoms with Crippen LogP contribution in [0.2, 0.25) is 0 Å². The van der Waals surface area contributed by atoms with Gasteiger partial charge in [0, 0.05) is 12.8 Å². The van der Waals surface area contributed by atoms with Crippen molar-refractivity contribution in [3.63, 3.8) is 0 Å². The summed E-state index contributed by atoms with van der Waals surface area (Å²) in [6.07, 6.45) is 3.99. The summed E-state index contributed by atoms with van der Waals surface area (Å²) in [4.78, 5) is 0. The standard InChI is InChI=1S/C20H36N2O.2HI/c1-21(2,3)15-16-23-20(17-18-9-7-6-8-10-18)19-11-13-22(4,5)14-12-19;;/h6-10,19-20H,11-17H2,1-5H3;2*1H/q+2;;/p-2. The first kappa shape index (κ1) is 25.6. The van der Waals surface area contributed by atoms with Crippen LogP contribution in [0, 0.1) is 5.92 Å².